The molecule has 4 nitrogen and oxygen atoms in total. The quantitative estimate of drug-likeness (QED) is 0.321. The highest BCUT2D eigenvalue weighted by Crippen LogP contribution is 2.32. The van der Waals surface area contributed by atoms with Crippen LogP contribution in [-0.2, 0) is 29.2 Å². The zero-order chi connectivity index (χ0) is 25.3. The Balaban J connectivity index is 1.36. The summed E-state index contributed by atoms with van der Waals surface area (Å²) in [7, 11) is 0. The van der Waals surface area contributed by atoms with Crippen molar-refractivity contribution in [1.82, 2.24) is 0 Å². The van der Waals surface area contributed by atoms with Gasteiger partial charge in [-0.3, -0.25) is 0 Å². The lowest BCUT2D eigenvalue weighted by Gasteiger charge is -2.29. The molecule has 0 unspecified atom stereocenters. The van der Waals surface area contributed by atoms with Crippen LogP contribution in [-0.4, -0.2) is 23.1 Å². The molecule has 1 N–H and O–H groups in total. The van der Waals surface area contributed by atoms with E-state index in [-0.39, 0.29) is 30.4 Å². The summed E-state index contributed by atoms with van der Waals surface area (Å²) in [6, 6.07) is 20.5. The number of rotatable bonds is 11. The number of Topliss-reactive ketones (excluding diaryl/α,β-unsaturated/α-hetero) is 1. The van der Waals surface area contributed by atoms with Crippen LogP contribution >= 0.6 is 0 Å². The highest BCUT2D eigenvalue weighted by atomic mass is 19.1. The summed E-state index contributed by atoms with van der Waals surface area (Å²) in [5.41, 5.74) is 4.85. The van der Waals surface area contributed by atoms with Gasteiger partial charge in [0.05, 0.1) is 25.4 Å². The Hall–Kier alpha value is -3.02. The van der Waals surface area contributed by atoms with Crippen molar-refractivity contribution in [2.24, 2.45) is 0 Å². The van der Waals surface area contributed by atoms with Gasteiger partial charge in [-0.2, -0.15) is 0 Å². The molecule has 0 aliphatic heterocycles. The van der Waals surface area contributed by atoms with Crippen LogP contribution in [0.3, 0.4) is 0 Å². The topological polar surface area (TPSA) is 55.8 Å². The third kappa shape index (κ3) is 7.49. The van der Waals surface area contributed by atoms with Crippen molar-refractivity contribution in [2.45, 2.75) is 77.3 Å². The molecule has 0 spiro atoms. The lowest BCUT2D eigenvalue weighted by molar-refractivity contribution is -0.117. The predicted molar refractivity (Wildman–Crippen MR) is 139 cm³/mol. The van der Waals surface area contributed by atoms with Gasteiger partial charge in [-0.15, -0.1) is 0 Å². The largest absolute Gasteiger partial charge is 0.490 e. The number of aliphatic hydroxyl groups excluding tert-OH is 1. The fourth-order valence-corrected chi connectivity index (χ4v) is 4.84. The number of hydrogen-bond acceptors (Lipinski definition) is 4. The average Bonchev–Trinajstić information content (AvgIpc) is 2.89. The molecule has 3 aromatic carbocycles. The molecular weight excluding hydrogens is 455 g/mol. The highest BCUT2D eigenvalue weighted by Gasteiger charge is 2.23. The molecular formula is C31H35FO4. The van der Waals surface area contributed by atoms with Gasteiger partial charge in [-0.25, -0.2) is 4.39 Å². The summed E-state index contributed by atoms with van der Waals surface area (Å²) in [5, 5.41) is 9.31. The number of benzene rings is 3. The molecule has 0 saturated heterocycles. The predicted octanol–water partition coefficient (Wildman–Crippen LogP) is 6.80. The third-order valence-corrected chi connectivity index (χ3v) is 6.78. The van der Waals surface area contributed by atoms with E-state index in [9.17, 15) is 14.3 Å². The van der Waals surface area contributed by atoms with Crippen LogP contribution in [0.2, 0.25) is 0 Å². The monoisotopic (exact) mass is 490 g/mol. The summed E-state index contributed by atoms with van der Waals surface area (Å²) in [5.74, 6) is 0.699. The zero-order valence-electron chi connectivity index (χ0n) is 20.9. The van der Waals surface area contributed by atoms with Crippen LogP contribution < -0.4 is 4.74 Å². The molecule has 1 aliphatic carbocycles. The van der Waals surface area contributed by atoms with Gasteiger partial charge < -0.3 is 19.4 Å². The first-order valence-electron chi connectivity index (χ1n) is 12.9. The van der Waals surface area contributed by atoms with Crippen LogP contribution in [0.1, 0.15) is 62.1 Å². The highest BCUT2D eigenvalue weighted by molar-refractivity contribution is 5.75. The van der Waals surface area contributed by atoms with Gasteiger partial charge in [0.2, 0.25) is 0 Å². The SMILES string of the molecule is CC(=O)CCCc1ccc(OC2CCC(OCc3cccc(CO)c3)CC2)cc1-c1cccc(F)c1. The minimum Gasteiger partial charge on any atom is -0.490 e. The summed E-state index contributed by atoms with van der Waals surface area (Å²) >= 11 is 0. The minimum absolute atomic E-state index is 0.0383. The van der Waals surface area contributed by atoms with E-state index in [0.29, 0.717) is 13.0 Å². The second-order valence-corrected chi connectivity index (χ2v) is 9.69. The molecule has 36 heavy (non-hydrogen) atoms. The van der Waals surface area contributed by atoms with Gasteiger partial charge in [-0.05, 0) is 97.5 Å². The molecule has 0 atom stereocenters. The number of aliphatic hydroxyl groups is 1. The van der Waals surface area contributed by atoms with Crippen LogP contribution in [0.15, 0.2) is 66.7 Å². The molecule has 1 aliphatic rings. The first-order chi connectivity index (χ1) is 17.5. The smallest absolute Gasteiger partial charge is 0.129 e. The van der Waals surface area contributed by atoms with Gasteiger partial charge in [0.1, 0.15) is 17.3 Å². The van der Waals surface area contributed by atoms with Crippen molar-refractivity contribution < 1.29 is 23.8 Å². The number of ether oxygens (including phenoxy) is 2. The number of aryl methyl sites for hydroxylation is 1. The Labute approximate surface area is 213 Å². The van der Waals surface area contributed by atoms with Crippen LogP contribution in [0.4, 0.5) is 4.39 Å². The van der Waals surface area contributed by atoms with Crippen molar-refractivity contribution in [1.29, 1.82) is 0 Å². The Morgan fingerprint density at radius 3 is 2.44 bits per heavy atom. The van der Waals surface area contributed by atoms with Crippen molar-refractivity contribution in [2.75, 3.05) is 0 Å². The lowest BCUT2D eigenvalue weighted by atomic mass is 9.94. The van der Waals surface area contributed by atoms with Crippen molar-refractivity contribution >= 4 is 5.78 Å². The zero-order valence-corrected chi connectivity index (χ0v) is 20.9. The molecule has 3 aromatic rings. The third-order valence-electron chi connectivity index (χ3n) is 6.78. The van der Waals surface area contributed by atoms with Crippen molar-refractivity contribution in [3.63, 3.8) is 0 Å². The molecule has 5 heteroatoms. The van der Waals surface area contributed by atoms with Gasteiger partial charge in [0.15, 0.2) is 0 Å². The maximum atomic E-state index is 14.0. The maximum Gasteiger partial charge on any atom is 0.129 e. The van der Waals surface area contributed by atoms with E-state index in [1.807, 2.05) is 48.5 Å². The summed E-state index contributed by atoms with van der Waals surface area (Å²) < 4.78 is 26.4. The summed E-state index contributed by atoms with van der Waals surface area (Å²) in [6.07, 6.45) is 6.09. The first kappa shape index (κ1) is 26.1. The van der Waals surface area contributed by atoms with E-state index < -0.39 is 0 Å². The fraction of sp³-hybridized carbons (Fsp3) is 0.387. The molecule has 0 amide bonds. The Morgan fingerprint density at radius 2 is 1.69 bits per heavy atom. The minimum atomic E-state index is -0.269. The Kier molecular flexibility index (Phi) is 9.26. The van der Waals surface area contributed by atoms with E-state index in [2.05, 4.69) is 0 Å². The normalized spacial score (nSPS) is 17.6. The fourth-order valence-electron chi connectivity index (χ4n) is 4.84. The molecule has 0 aromatic heterocycles. The average molecular weight is 491 g/mol. The van der Waals surface area contributed by atoms with Gasteiger partial charge in [0.25, 0.3) is 0 Å². The van der Waals surface area contributed by atoms with E-state index in [0.717, 1.165) is 72.1 Å². The van der Waals surface area contributed by atoms with E-state index in [1.54, 1.807) is 19.1 Å². The van der Waals surface area contributed by atoms with Gasteiger partial charge >= 0.3 is 0 Å². The molecule has 0 heterocycles. The summed E-state index contributed by atoms with van der Waals surface area (Å²) in [6.45, 7) is 2.20. The molecule has 0 bridgehead atoms. The number of hydrogen-bond donors (Lipinski definition) is 1. The number of ketones is 1. The maximum absolute atomic E-state index is 14.0. The van der Waals surface area contributed by atoms with Crippen LogP contribution in [0, 0.1) is 5.82 Å². The van der Waals surface area contributed by atoms with Crippen LogP contribution in [0.5, 0.6) is 5.75 Å². The molecule has 0 radical (unpaired) electrons. The number of halogens is 1. The lowest BCUT2D eigenvalue weighted by Crippen LogP contribution is -2.28. The second kappa shape index (κ2) is 12.8. The second-order valence-electron chi connectivity index (χ2n) is 9.69. The van der Waals surface area contributed by atoms with Gasteiger partial charge in [-0.1, -0.05) is 42.5 Å². The van der Waals surface area contributed by atoms with Crippen molar-refractivity contribution in [3.8, 4) is 16.9 Å². The Morgan fingerprint density at radius 1 is 0.944 bits per heavy atom. The molecule has 4 rings (SSSR count). The Bertz CT molecular complexity index is 1150. The first-order valence-corrected chi connectivity index (χ1v) is 12.9. The van der Waals surface area contributed by atoms with E-state index >= 15 is 0 Å². The van der Waals surface area contributed by atoms with Crippen LogP contribution in [0.25, 0.3) is 11.1 Å². The van der Waals surface area contributed by atoms with E-state index in [1.165, 1.54) is 6.07 Å². The van der Waals surface area contributed by atoms with E-state index in [4.69, 9.17) is 9.47 Å². The molecule has 190 valence electrons. The molecule has 1 fully saturated rings. The van der Waals surface area contributed by atoms with Crippen molar-refractivity contribution in [3.05, 3.63) is 89.2 Å². The van der Waals surface area contributed by atoms with Gasteiger partial charge in [0, 0.05) is 6.42 Å². The summed E-state index contributed by atoms with van der Waals surface area (Å²) in [4.78, 5) is 11.4. The number of carbonyl (C=O) groups is 1. The molecule has 1 saturated carbocycles. The number of carbonyl (C=O) groups excluding carboxylic acids is 1. The standard InChI is InChI=1S/C31H35FO4/c1-22(34)5-2-8-25-11-12-30(19-31(25)26-9-4-10-27(32)18-26)36-29-15-13-28(14-16-29)35-21-24-7-3-6-23(17-24)20-33/h3-4,6-7,9-12,17-19,28-29,33H,2,5,8,13-16,20-21H2,1H3.